The number of benzene rings is 1. The van der Waals surface area contributed by atoms with Crippen LogP contribution in [-0.4, -0.2) is 58.2 Å². The number of allylic oxidation sites excluding steroid dienone is 2. The van der Waals surface area contributed by atoms with Crippen LogP contribution in [0.3, 0.4) is 0 Å². The summed E-state index contributed by atoms with van der Waals surface area (Å²) in [5.74, 6) is 3.05. The molecule has 3 aliphatic rings. The molecule has 7 nitrogen and oxygen atoms in total. The van der Waals surface area contributed by atoms with Gasteiger partial charge in [0.1, 0.15) is 23.2 Å². The van der Waals surface area contributed by atoms with E-state index < -0.39 is 0 Å². The normalized spacial score (nSPS) is 18.5. The van der Waals surface area contributed by atoms with Crippen LogP contribution >= 0.6 is 11.3 Å². The van der Waals surface area contributed by atoms with E-state index in [-0.39, 0.29) is 6.10 Å². The van der Waals surface area contributed by atoms with Crippen molar-refractivity contribution in [1.29, 1.82) is 0 Å². The molecule has 1 aromatic carbocycles. The molecule has 0 amide bonds. The monoisotopic (exact) mass is 460 g/mol. The molecule has 0 radical (unpaired) electrons. The third kappa shape index (κ3) is 4.04. The second-order valence-electron chi connectivity index (χ2n) is 9.03. The topological polar surface area (TPSA) is 66.4 Å². The number of nitrogens with zero attached hydrogens (tertiary/aromatic N) is 5. The van der Waals surface area contributed by atoms with Gasteiger partial charge in [0, 0.05) is 25.5 Å². The molecule has 2 saturated heterocycles. The quantitative estimate of drug-likeness (QED) is 0.514. The zero-order chi connectivity index (χ0) is 22.2. The molecule has 0 unspecified atom stereocenters. The molecular formula is C25H28N6OS. The van der Waals surface area contributed by atoms with Crippen LogP contribution < -0.4 is 15.0 Å². The highest BCUT2D eigenvalue weighted by Gasteiger charge is 2.36. The maximum absolute atomic E-state index is 6.43. The average molecular weight is 461 g/mol. The molecule has 170 valence electrons. The van der Waals surface area contributed by atoms with Gasteiger partial charge >= 0.3 is 0 Å². The van der Waals surface area contributed by atoms with Crippen LogP contribution in [0.15, 0.2) is 60.2 Å². The molecule has 0 atom stereocenters. The fraction of sp³-hybridized carbons (Fsp3) is 0.400. The summed E-state index contributed by atoms with van der Waals surface area (Å²) in [6, 6.07) is 6.61. The second-order valence-corrected chi connectivity index (χ2v) is 9.92. The lowest BCUT2D eigenvalue weighted by Crippen LogP contribution is -2.62. The molecule has 1 N–H and O–H groups in total. The number of aromatic nitrogens is 3. The van der Waals surface area contributed by atoms with Gasteiger partial charge in [0.05, 0.1) is 29.3 Å². The van der Waals surface area contributed by atoms with Crippen molar-refractivity contribution < 1.29 is 4.74 Å². The van der Waals surface area contributed by atoms with Crippen molar-refractivity contribution >= 4 is 27.5 Å². The van der Waals surface area contributed by atoms with Crippen molar-refractivity contribution in [3.8, 4) is 5.75 Å². The molecule has 2 aromatic heterocycles. The first-order chi connectivity index (χ1) is 16.3. The Hall–Kier alpha value is -3.13. The first kappa shape index (κ1) is 20.5. The molecular weight excluding hydrogens is 432 g/mol. The van der Waals surface area contributed by atoms with Gasteiger partial charge in [0.2, 0.25) is 5.95 Å². The van der Waals surface area contributed by atoms with Crippen LogP contribution in [0.5, 0.6) is 5.75 Å². The molecule has 0 bridgehead atoms. The zero-order valence-electron chi connectivity index (χ0n) is 18.6. The second kappa shape index (κ2) is 8.67. The molecule has 3 aromatic rings. The van der Waals surface area contributed by atoms with Crippen molar-refractivity contribution in [3.63, 3.8) is 0 Å². The van der Waals surface area contributed by atoms with Crippen LogP contribution in [0.2, 0.25) is 0 Å². The fourth-order valence-corrected chi connectivity index (χ4v) is 5.38. The van der Waals surface area contributed by atoms with Crippen LogP contribution in [0, 0.1) is 0 Å². The van der Waals surface area contributed by atoms with E-state index >= 15 is 0 Å². The van der Waals surface area contributed by atoms with Crippen molar-refractivity contribution in [3.05, 3.63) is 65.7 Å². The van der Waals surface area contributed by atoms with Crippen LogP contribution in [0.4, 0.5) is 5.95 Å². The first-order valence-electron chi connectivity index (χ1n) is 11.7. The summed E-state index contributed by atoms with van der Waals surface area (Å²) >= 11 is 1.66. The van der Waals surface area contributed by atoms with Gasteiger partial charge in [-0.1, -0.05) is 6.08 Å². The van der Waals surface area contributed by atoms with E-state index in [1.165, 1.54) is 35.3 Å². The van der Waals surface area contributed by atoms with E-state index in [9.17, 15) is 0 Å². The van der Waals surface area contributed by atoms with E-state index in [4.69, 9.17) is 4.74 Å². The Morgan fingerprint density at radius 2 is 1.97 bits per heavy atom. The number of ether oxygens (including phenoxy) is 1. The molecule has 4 heterocycles. The number of hydrogen-bond donors (Lipinski definition) is 1. The number of nitrogens with one attached hydrogen (secondary N) is 1. The van der Waals surface area contributed by atoms with E-state index in [0.29, 0.717) is 6.04 Å². The minimum Gasteiger partial charge on any atom is -0.484 e. The van der Waals surface area contributed by atoms with Crippen molar-refractivity contribution in [1.82, 2.24) is 25.2 Å². The lowest BCUT2D eigenvalue weighted by Gasteiger charge is -2.47. The maximum Gasteiger partial charge on any atom is 0.225 e. The summed E-state index contributed by atoms with van der Waals surface area (Å²) in [5.41, 5.74) is 5.65. The Balaban J connectivity index is 1.09. The van der Waals surface area contributed by atoms with Crippen LogP contribution in [0.25, 0.3) is 10.2 Å². The predicted octanol–water partition coefficient (Wildman–Crippen LogP) is 3.75. The number of rotatable bonds is 8. The summed E-state index contributed by atoms with van der Waals surface area (Å²) in [6.07, 6.45) is 10.3. The third-order valence-electron chi connectivity index (χ3n) is 6.65. The fourth-order valence-electron chi connectivity index (χ4n) is 4.63. The van der Waals surface area contributed by atoms with Crippen molar-refractivity contribution in [2.75, 3.05) is 31.1 Å². The van der Waals surface area contributed by atoms with Gasteiger partial charge in [0.25, 0.3) is 0 Å². The minimum absolute atomic E-state index is 0.182. The lowest BCUT2D eigenvalue weighted by atomic mass is 9.90. The zero-order valence-corrected chi connectivity index (χ0v) is 19.4. The van der Waals surface area contributed by atoms with E-state index in [0.717, 1.165) is 49.8 Å². The summed E-state index contributed by atoms with van der Waals surface area (Å²) in [5, 5.41) is 3.82. The summed E-state index contributed by atoms with van der Waals surface area (Å²) in [4.78, 5) is 17.9. The Bertz CT molecular complexity index is 1170. The smallest absolute Gasteiger partial charge is 0.225 e. The maximum atomic E-state index is 6.43. The Morgan fingerprint density at radius 3 is 2.70 bits per heavy atom. The molecule has 3 fully saturated rings. The standard InChI is InChI=1S/C25H28N6OS/c1-2-5-17-10-21(23-22(11-17)33-16-28-23)32-20-14-30(15-20)24(18-6-3-7-18)29-19-12-31(13-19)25-26-8-4-9-27-25/h2,4,8-11,16,19-20,29H,1,3,5-7,12-15H2. The van der Waals surface area contributed by atoms with E-state index in [2.05, 4.69) is 48.8 Å². The van der Waals surface area contributed by atoms with E-state index in [1.807, 2.05) is 17.7 Å². The minimum atomic E-state index is 0.182. The van der Waals surface area contributed by atoms with Gasteiger partial charge < -0.3 is 19.9 Å². The van der Waals surface area contributed by atoms with Gasteiger partial charge in [-0.05, 0) is 55.0 Å². The van der Waals surface area contributed by atoms with Crippen molar-refractivity contribution in [2.24, 2.45) is 0 Å². The van der Waals surface area contributed by atoms with Gasteiger partial charge in [-0.3, -0.25) is 0 Å². The van der Waals surface area contributed by atoms with Crippen molar-refractivity contribution in [2.45, 2.75) is 37.8 Å². The molecule has 8 heteroatoms. The molecule has 0 spiro atoms. The van der Waals surface area contributed by atoms with Gasteiger partial charge in [-0.2, -0.15) is 0 Å². The Kier molecular flexibility index (Phi) is 5.38. The summed E-state index contributed by atoms with van der Waals surface area (Å²) < 4.78 is 7.61. The molecule has 1 aliphatic carbocycles. The number of likely N-dealkylation sites (tertiary alicyclic amines) is 1. The van der Waals surface area contributed by atoms with E-state index in [1.54, 1.807) is 29.3 Å². The highest BCUT2D eigenvalue weighted by molar-refractivity contribution is 7.16. The Morgan fingerprint density at radius 1 is 1.15 bits per heavy atom. The van der Waals surface area contributed by atoms with Gasteiger partial charge in [-0.15, -0.1) is 17.9 Å². The molecule has 6 rings (SSSR count). The average Bonchev–Trinajstić information content (AvgIpc) is 3.20. The first-order valence-corrected chi connectivity index (χ1v) is 12.5. The third-order valence-corrected chi connectivity index (χ3v) is 7.42. The van der Waals surface area contributed by atoms with Gasteiger partial charge in [-0.25, -0.2) is 15.0 Å². The Labute approximate surface area is 197 Å². The lowest BCUT2D eigenvalue weighted by molar-refractivity contribution is 0.0361. The van der Waals surface area contributed by atoms with Crippen LogP contribution in [0.1, 0.15) is 24.8 Å². The summed E-state index contributed by atoms with van der Waals surface area (Å²) in [6.45, 7) is 7.56. The number of anilines is 1. The predicted molar refractivity (Wildman–Crippen MR) is 132 cm³/mol. The number of thiazole rings is 1. The van der Waals surface area contributed by atoms with Gasteiger partial charge in [0.15, 0.2) is 0 Å². The number of hydrogen-bond acceptors (Lipinski definition) is 8. The molecule has 33 heavy (non-hydrogen) atoms. The molecule has 2 aliphatic heterocycles. The molecule has 1 saturated carbocycles. The number of fused-ring (bicyclic) bond motifs is 1. The highest BCUT2D eigenvalue weighted by Crippen LogP contribution is 2.35. The SMILES string of the molecule is C=CCc1cc(OC2CN(C(NC3CN(c4ncccn4)C3)=C3CCC3)C2)c2ncsc2c1. The largest absolute Gasteiger partial charge is 0.484 e. The highest BCUT2D eigenvalue weighted by atomic mass is 32.1. The summed E-state index contributed by atoms with van der Waals surface area (Å²) in [7, 11) is 0. The van der Waals surface area contributed by atoms with Crippen LogP contribution in [-0.2, 0) is 6.42 Å².